The zero-order chi connectivity index (χ0) is 24.2. The summed E-state index contributed by atoms with van der Waals surface area (Å²) < 4.78 is 11.0. The first-order valence-electron chi connectivity index (χ1n) is 13.0. The number of ketones is 1. The van der Waals surface area contributed by atoms with Crippen LogP contribution < -0.4 is 4.74 Å². The molecule has 186 valence electrons. The molecule has 0 saturated heterocycles. The fraction of sp³-hybridized carbons (Fsp3) is 0.655. The number of Topliss-reactive ketones (excluding diaryl/α,β-unsaturated/α-hetero) is 1. The van der Waals surface area contributed by atoms with Crippen molar-refractivity contribution in [3.8, 4) is 5.75 Å². The summed E-state index contributed by atoms with van der Waals surface area (Å²) in [6.07, 6.45) is 20.4. The summed E-state index contributed by atoms with van der Waals surface area (Å²) in [7, 11) is 1.45. The molecule has 1 aromatic rings. The maximum atomic E-state index is 11.2. The first-order chi connectivity index (χ1) is 16.0. The molecule has 1 rings (SSSR count). The van der Waals surface area contributed by atoms with Crippen molar-refractivity contribution in [2.75, 3.05) is 7.11 Å². The van der Waals surface area contributed by atoms with Crippen molar-refractivity contribution in [1.82, 2.24) is 0 Å². The second-order valence-corrected chi connectivity index (χ2v) is 9.02. The standard InChI is InChI=1S/C29H46O4/c1-4-5-6-13-16-27(33-28-23-21-26(22-24-28)20-19-25(2)30)17-14-11-9-7-8-10-12-15-18-29(31)32-3/h11,14,21-24,27H,4-10,12-13,15-20H2,1-3H3/b14-11-/t27-/m0/s1. The van der Waals surface area contributed by atoms with Crippen molar-refractivity contribution >= 4 is 11.8 Å². The van der Waals surface area contributed by atoms with Gasteiger partial charge in [0, 0.05) is 19.3 Å². The Kier molecular flexibility index (Phi) is 17.0. The van der Waals surface area contributed by atoms with Crippen LogP contribution in [0.2, 0.25) is 0 Å². The van der Waals surface area contributed by atoms with E-state index in [4.69, 9.17) is 4.74 Å². The molecule has 0 bridgehead atoms. The second kappa shape index (κ2) is 19.4. The fourth-order valence-corrected chi connectivity index (χ4v) is 3.80. The van der Waals surface area contributed by atoms with Gasteiger partial charge in [0.2, 0.25) is 0 Å². The zero-order valence-electron chi connectivity index (χ0n) is 21.3. The number of ether oxygens (including phenoxy) is 2. The van der Waals surface area contributed by atoms with Crippen LogP contribution >= 0.6 is 0 Å². The van der Waals surface area contributed by atoms with Crippen LogP contribution in [-0.2, 0) is 20.7 Å². The molecule has 33 heavy (non-hydrogen) atoms. The second-order valence-electron chi connectivity index (χ2n) is 9.02. The number of esters is 1. The van der Waals surface area contributed by atoms with Gasteiger partial charge in [0.1, 0.15) is 17.6 Å². The van der Waals surface area contributed by atoms with Gasteiger partial charge in [-0.15, -0.1) is 0 Å². The van der Waals surface area contributed by atoms with Crippen molar-refractivity contribution in [3.05, 3.63) is 42.0 Å². The number of hydrogen-bond acceptors (Lipinski definition) is 4. The summed E-state index contributed by atoms with van der Waals surface area (Å²) in [4.78, 5) is 22.3. The van der Waals surface area contributed by atoms with Crippen molar-refractivity contribution in [2.24, 2.45) is 0 Å². The van der Waals surface area contributed by atoms with Gasteiger partial charge in [0.25, 0.3) is 0 Å². The zero-order valence-corrected chi connectivity index (χ0v) is 21.3. The quantitative estimate of drug-likeness (QED) is 0.114. The van der Waals surface area contributed by atoms with Crippen LogP contribution in [0.3, 0.4) is 0 Å². The molecule has 4 heteroatoms. The van der Waals surface area contributed by atoms with E-state index in [9.17, 15) is 9.59 Å². The third-order valence-corrected chi connectivity index (χ3v) is 5.92. The number of aryl methyl sites for hydroxylation is 1. The maximum Gasteiger partial charge on any atom is 0.305 e. The molecule has 0 aliphatic heterocycles. The first kappa shape index (κ1) is 28.9. The summed E-state index contributed by atoms with van der Waals surface area (Å²) in [5, 5.41) is 0. The average Bonchev–Trinajstić information content (AvgIpc) is 2.82. The Morgan fingerprint density at radius 1 is 0.879 bits per heavy atom. The van der Waals surface area contributed by atoms with Gasteiger partial charge < -0.3 is 14.3 Å². The van der Waals surface area contributed by atoms with Gasteiger partial charge in [-0.1, -0.05) is 69.7 Å². The molecule has 0 unspecified atom stereocenters. The van der Waals surface area contributed by atoms with Gasteiger partial charge in [0.15, 0.2) is 0 Å². The minimum Gasteiger partial charge on any atom is -0.490 e. The van der Waals surface area contributed by atoms with Crippen LogP contribution in [0.25, 0.3) is 0 Å². The molecule has 0 aliphatic rings. The summed E-state index contributed by atoms with van der Waals surface area (Å²) >= 11 is 0. The van der Waals surface area contributed by atoms with Crippen LogP contribution in [0.1, 0.15) is 109 Å². The Morgan fingerprint density at radius 3 is 2.27 bits per heavy atom. The minimum atomic E-state index is -0.103. The van der Waals surface area contributed by atoms with E-state index in [0.29, 0.717) is 12.8 Å². The Bertz CT molecular complexity index is 663. The monoisotopic (exact) mass is 458 g/mol. The number of rotatable bonds is 20. The number of carbonyl (C=O) groups is 2. The number of benzene rings is 1. The van der Waals surface area contributed by atoms with Gasteiger partial charge in [-0.3, -0.25) is 4.79 Å². The van der Waals surface area contributed by atoms with Gasteiger partial charge in [-0.2, -0.15) is 0 Å². The normalized spacial score (nSPS) is 12.1. The van der Waals surface area contributed by atoms with Crippen molar-refractivity contribution < 1.29 is 19.1 Å². The lowest BCUT2D eigenvalue weighted by Gasteiger charge is -2.18. The van der Waals surface area contributed by atoms with Gasteiger partial charge in [-0.25, -0.2) is 0 Å². The summed E-state index contributed by atoms with van der Waals surface area (Å²) in [5.41, 5.74) is 1.18. The van der Waals surface area contributed by atoms with Crippen molar-refractivity contribution in [2.45, 2.75) is 116 Å². The van der Waals surface area contributed by atoms with E-state index in [2.05, 4.69) is 35.9 Å². The van der Waals surface area contributed by atoms with Crippen LogP contribution in [0.15, 0.2) is 36.4 Å². The highest BCUT2D eigenvalue weighted by Gasteiger charge is 2.09. The van der Waals surface area contributed by atoms with Crippen LogP contribution in [0, 0.1) is 0 Å². The lowest BCUT2D eigenvalue weighted by molar-refractivity contribution is -0.140. The molecule has 0 fully saturated rings. The predicted molar refractivity (Wildman–Crippen MR) is 137 cm³/mol. The molecule has 0 aliphatic carbocycles. The molecule has 0 radical (unpaired) electrons. The minimum absolute atomic E-state index is 0.103. The molecule has 0 amide bonds. The number of carbonyl (C=O) groups excluding carboxylic acids is 2. The van der Waals surface area contributed by atoms with Crippen LogP contribution in [0.5, 0.6) is 5.75 Å². The lowest BCUT2D eigenvalue weighted by atomic mass is 10.1. The van der Waals surface area contributed by atoms with E-state index >= 15 is 0 Å². The van der Waals surface area contributed by atoms with Gasteiger partial charge in [-0.05, 0) is 63.1 Å². The van der Waals surface area contributed by atoms with E-state index in [0.717, 1.165) is 44.3 Å². The molecule has 0 N–H and O–H groups in total. The largest absolute Gasteiger partial charge is 0.490 e. The lowest BCUT2D eigenvalue weighted by Crippen LogP contribution is -2.15. The molecular formula is C29H46O4. The van der Waals surface area contributed by atoms with Gasteiger partial charge >= 0.3 is 5.97 Å². The molecule has 0 saturated carbocycles. The third kappa shape index (κ3) is 16.2. The molecule has 4 nitrogen and oxygen atoms in total. The summed E-state index contributed by atoms with van der Waals surface area (Å²) in [6.45, 7) is 3.88. The molecule has 0 heterocycles. The van der Waals surface area contributed by atoms with E-state index in [1.807, 2.05) is 12.1 Å². The highest BCUT2D eigenvalue weighted by molar-refractivity contribution is 5.75. The predicted octanol–water partition coefficient (Wildman–Crippen LogP) is 7.78. The van der Waals surface area contributed by atoms with E-state index < -0.39 is 0 Å². The molecule has 1 atom stereocenters. The molecule has 0 aromatic heterocycles. The summed E-state index contributed by atoms with van der Waals surface area (Å²) in [5.74, 6) is 1.04. The Labute approximate surface area is 202 Å². The average molecular weight is 459 g/mol. The summed E-state index contributed by atoms with van der Waals surface area (Å²) in [6, 6.07) is 8.23. The SMILES string of the molecule is CCCCCC[C@@H](C/C=C\CCCCCCCC(=O)OC)Oc1ccc(CCC(C)=O)cc1. The third-order valence-electron chi connectivity index (χ3n) is 5.92. The fourth-order valence-electron chi connectivity index (χ4n) is 3.80. The van der Waals surface area contributed by atoms with E-state index in [-0.39, 0.29) is 17.9 Å². The Balaban J connectivity index is 2.35. The van der Waals surface area contributed by atoms with Gasteiger partial charge in [0.05, 0.1) is 7.11 Å². The van der Waals surface area contributed by atoms with Crippen molar-refractivity contribution in [3.63, 3.8) is 0 Å². The topological polar surface area (TPSA) is 52.6 Å². The van der Waals surface area contributed by atoms with Crippen LogP contribution in [0.4, 0.5) is 0 Å². The highest BCUT2D eigenvalue weighted by atomic mass is 16.5. The van der Waals surface area contributed by atoms with E-state index in [1.165, 1.54) is 57.6 Å². The number of unbranched alkanes of at least 4 members (excludes halogenated alkanes) is 8. The first-order valence-corrected chi connectivity index (χ1v) is 13.0. The molecule has 0 spiro atoms. The number of hydrogen-bond donors (Lipinski definition) is 0. The van der Waals surface area contributed by atoms with Crippen molar-refractivity contribution in [1.29, 1.82) is 0 Å². The van der Waals surface area contributed by atoms with E-state index in [1.54, 1.807) is 6.92 Å². The highest BCUT2D eigenvalue weighted by Crippen LogP contribution is 2.20. The smallest absolute Gasteiger partial charge is 0.305 e. The van der Waals surface area contributed by atoms with Crippen LogP contribution in [-0.4, -0.2) is 25.0 Å². The Morgan fingerprint density at radius 2 is 1.58 bits per heavy atom. The molecule has 1 aromatic carbocycles. The number of allylic oxidation sites excluding steroid dienone is 1. The Hall–Kier alpha value is -2.10. The number of methoxy groups -OCH3 is 1. The molecular weight excluding hydrogens is 412 g/mol. The maximum absolute atomic E-state index is 11.2.